The molecule has 3 rings (SSSR count). The molecular formula is C21H22N2O4. The molecule has 0 unspecified atom stereocenters. The highest BCUT2D eigenvalue weighted by Crippen LogP contribution is 2.38. The molecule has 27 heavy (non-hydrogen) atoms. The van der Waals surface area contributed by atoms with Gasteiger partial charge in [-0.1, -0.05) is 12.1 Å². The summed E-state index contributed by atoms with van der Waals surface area (Å²) in [4.78, 5) is 17.7. The average Bonchev–Trinajstić information content (AvgIpc) is 3.26. The number of carbonyl (C=O) groups excluding carboxylic acids is 1. The molecule has 1 heterocycles. The smallest absolute Gasteiger partial charge is 0.258 e. The SMILES string of the molecule is COc1cc(C(=O)N(C)c2ccc(-c3ccc[nH]3)cc2)cc(OC)c1OC. The van der Waals surface area contributed by atoms with E-state index in [9.17, 15) is 4.79 Å². The summed E-state index contributed by atoms with van der Waals surface area (Å²) in [5, 5.41) is 0. The molecule has 0 radical (unpaired) electrons. The monoisotopic (exact) mass is 366 g/mol. The molecule has 0 aliphatic rings. The van der Waals surface area contributed by atoms with Gasteiger partial charge in [0.1, 0.15) is 0 Å². The zero-order valence-corrected chi connectivity index (χ0v) is 15.8. The van der Waals surface area contributed by atoms with Crippen LogP contribution in [0.2, 0.25) is 0 Å². The maximum atomic E-state index is 13.0. The van der Waals surface area contributed by atoms with Gasteiger partial charge in [-0.2, -0.15) is 0 Å². The second kappa shape index (κ2) is 7.86. The summed E-state index contributed by atoms with van der Waals surface area (Å²) in [7, 11) is 6.30. The van der Waals surface area contributed by atoms with Crippen molar-refractivity contribution in [3.05, 3.63) is 60.3 Å². The van der Waals surface area contributed by atoms with Crippen molar-refractivity contribution in [1.82, 2.24) is 4.98 Å². The van der Waals surface area contributed by atoms with E-state index in [1.807, 2.05) is 42.6 Å². The summed E-state index contributed by atoms with van der Waals surface area (Å²) < 4.78 is 16.0. The van der Waals surface area contributed by atoms with Gasteiger partial charge in [-0.05, 0) is 42.0 Å². The van der Waals surface area contributed by atoms with E-state index in [0.29, 0.717) is 22.8 Å². The fourth-order valence-electron chi connectivity index (χ4n) is 2.89. The summed E-state index contributed by atoms with van der Waals surface area (Å²) >= 11 is 0. The number of aromatic amines is 1. The van der Waals surface area contributed by atoms with Crippen LogP contribution in [0.1, 0.15) is 10.4 Å². The van der Waals surface area contributed by atoms with Gasteiger partial charge < -0.3 is 24.1 Å². The standard InChI is InChI=1S/C21H22N2O4/c1-23(16-9-7-14(8-10-16)17-6-5-11-22-17)21(24)15-12-18(25-2)20(27-4)19(13-15)26-3/h5-13,22H,1-4H3. The van der Waals surface area contributed by atoms with Gasteiger partial charge in [0.05, 0.1) is 21.3 Å². The number of nitrogens with one attached hydrogen (secondary N) is 1. The molecular weight excluding hydrogens is 344 g/mol. The molecule has 2 aromatic carbocycles. The Morgan fingerprint density at radius 1 is 0.926 bits per heavy atom. The molecule has 6 heteroatoms. The van der Waals surface area contributed by atoms with Crippen LogP contribution in [0.4, 0.5) is 5.69 Å². The van der Waals surface area contributed by atoms with E-state index >= 15 is 0 Å². The van der Waals surface area contributed by atoms with Crippen molar-refractivity contribution in [1.29, 1.82) is 0 Å². The Morgan fingerprint density at radius 2 is 1.56 bits per heavy atom. The first kappa shape index (κ1) is 18.4. The van der Waals surface area contributed by atoms with Crippen LogP contribution in [0.15, 0.2) is 54.7 Å². The minimum absolute atomic E-state index is 0.179. The molecule has 0 saturated heterocycles. The third kappa shape index (κ3) is 3.60. The third-order valence-corrected chi connectivity index (χ3v) is 4.38. The topological polar surface area (TPSA) is 63.8 Å². The average molecular weight is 366 g/mol. The largest absolute Gasteiger partial charge is 0.493 e. The Bertz CT molecular complexity index is 893. The van der Waals surface area contributed by atoms with Crippen molar-refractivity contribution in [2.75, 3.05) is 33.3 Å². The van der Waals surface area contributed by atoms with E-state index in [-0.39, 0.29) is 5.91 Å². The first-order valence-corrected chi connectivity index (χ1v) is 8.41. The van der Waals surface area contributed by atoms with Crippen LogP contribution in [-0.4, -0.2) is 39.3 Å². The molecule has 0 aliphatic carbocycles. The Balaban J connectivity index is 1.89. The molecule has 0 saturated carbocycles. The normalized spacial score (nSPS) is 10.4. The van der Waals surface area contributed by atoms with Crippen molar-refractivity contribution in [3.8, 4) is 28.5 Å². The number of carbonyl (C=O) groups is 1. The fraction of sp³-hybridized carbons (Fsp3) is 0.190. The second-order valence-electron chi connectivity index (χ2n) is 5.91. The van der Waals surface area contributed by atoms with Crippen molar-refractivity contribution in [2.45, 2.75) is 0 Å². The lowest BCUT2D eigenvalue weighted by atomic mass is 10.1. The number of hydrogen-bond donors (Lipinski definition) is 1. The number of ether oxygens (including phenoxy) is 3. The van der Waals surface area contributed by atoms with Crippen molar-refractivity contribution < 1.29 is 19.0 Å². The molecule has 3 aromatic rings. The van der Waals surface area contributed by atoms with E-state index in [1.54, 1.807) is 24.1 Å². The zero-order chi connectivity index (χ0) is 19.4. The van der Waals surface area contributed by atoms with E-state index in [0.717, 1.165) is 16.9 Å². The molecule has 140 valence electrons. The van der Waals surface area contributed by atoms with E-state index in [2.05, 4.69) is 4.98 Å². The molecule has 1 N–H and O–H groups in total. The van der Waals surface area contributed by atoms with Crippen LogP contribution < -0.4 is 19.1 Å². The Labute approximate surface area is 158 Å². The van der Waals surface area contributed by atoms with Gasteiger partial charge in [-0.15, -0.1) is 0 Å². The summed E-state index contributed by atoms with van der Waals surface area (Å²) in [6, 6.07) is 15.0. The van der Waals surface area contributed by atoms with Crippen LogP contribution in [0.3, 0.4) is 0 Å². The third-order valence-electron chi connectivity index (χ3n) is 4.38. The summed E-state index contributed by atoms with van der Waals surface area (Å²) in [5.74, 6) is 1.16. The lowest BCUT2D eigenvalue weighted by Crippen LogP contribution is -2.26. The van der Waals surface area contributed by atoms with E-state index in [1.165, 1.54) is 21.3 Å². The maximum absolute atomic E-state index is 13.0. The Hall–Kier alpha value is -3.41. The van der Waals surface area contributed by atoms with E-state index in [4.69, 9.17) is 14.2 Å². The number of benzene rings is 2. The van der Waals surface area contributed by atoms with Crippen molar-refractivity contribution in [2.24, 2.45) is 0 Å². The Kier molecular flexibility index (Phi) is 5.35. The zero-order valence-electron chi connectivity index (χ0n) is 15.8. The lowest BCUT2D eigenvalue weighted by molar-refractivity contribution is 0.0992. The number of methoxy groups -OCH3 is 3. The predicted molar refractivity (Wildman–Crippen MR) is 105 cm³/mol. The van der Waals surface area contributed by atoms with Crippen LogP contribution in [0.5, 0.6) is 17.2 Å². The molecule has 0 bridgehead atoms. The number of rotatable bonds is 6. The van der Waals surface area contributed by atoms with Gasteiger partial charge in [0.2, 0.25) is 5.75 Å². The van der Waals surface area contributed by atoms with Gasteiger partial charge in [-0.3, -0.25) is 4.79 Å². The molecule has 6 nitrogen and oxygen atoms in total. The number of H-pyrrole nitrogens is 1. The summed E-state index contributed by atoms with van der Waals surface area (Å²) in [6.45, 7) is 0. The summed E-state index contributed by atoms with van der Waals surface area (Å²) in [5.41, 5.74) is 3.31. The molecule has 0 atom stereocenters. The fourth-order valence-corrected chi connectivity index (χ4v) is 2.89. The van der Waals surface area contributed by atoms with Crippen molar-refractivity contribution in [3.63, 3.8) is 0 Å². The minimum Gasteiger partial charge on any atom is -0.493 e. The van der Waals surface area contributed by atoms with Crippen LogP contribution in [-0.2, 0) is 0 Å². The summed E-state index contributed by atoms with van der Waals surface area (Å²) in [6.07, 6.45) is 1.88. The number of amides is 1. The first-order valence-electron chi connectivity index (χ1n) is 8.41. The lowest BCUT2D eigenvalue weighted by Gasteiger charge is -2.19. The maximum Gasteiger partial charge on any atom is 0.258 e. The highest BCUT2D eigenvalue weighted by Gasteiger charge is 2.20. The number of anilines is 1. The number of aromatic nitrogens is 1. The van der Waals surface area contributed by atoms with Gasteiger partial charge >= 0.3 is 0 Å². The van der Waals surface area contributed by atoms with Crippen molar-refractivity contribution >= 4 is 11.6 Å². The molecule has 0 fully saturated rings. The van der Waals surface area contributed by atoms with Crippen LogP contribution >= 0.6 is 0 Å². The Morgan fingerprint density at radius 3 is 2.04 bits per heavy atom. The quantitative estimate of drug-likeness (QED) is 0.717. The van der Waals surface area contributed by atoms with Gasteiger partial charge in [0, 0.05) is 30.2 Å². The number of nitrogens with zero attached hydrogens (tertiary/aromatic N) is 1. The second-order valence-corrected chi connectivity index (χ2v) is 5.91. The van der Waals surface area contributed by atoms with Crippen LogP contribution in [0.25, 0.3) is 11.3 Å². The van der Waals surface area contributed by atoms with Crippen LogP contribution in [0, 0.1) is 0 Å². The molecule has 1 amide bonds. The van der Waals surface area contributed by atoms with Gasteiger partial charge in [0.25, 0.3) is 5.91 Å². The molecule has 0 aliphatic heterocycles. The minimum atomic E-state index is -0.179. The predicted octanol–water partition coefficient (Wildman–Crippen LogP) is 3.98. The molecule has 0 spiro atoms. The highest BCUT2D eigenvalue weighted by molar-refractivity contribution is 6.06. The number of hydrogen-bond acceptors (Lipinski definition) is 4. The van der Waals surface area contributed by atoms with Gasteiger partial charge in [-0.25, -0.2) is 0 Å². The molecule has 1 aromatic heterocycles. The van der Waals surface area contributed by atoms with E-state index < -0.39 is 0 Å². The van der Waals surface area contributed by atoms with Gasteiger partial charge in [0.15, 0.2) is 11.5 Å². The highest BCUT2D eigenvalue weighted by atomic mass is 16.5. The first-order chi connectivity index (χ1) is 13.1.